The summed E-state index contributed by atoms with van der Waals surface area (Å²) in [5, 5.41) is 3.63. The molecule has 0 bridgehead atoms. The highest BCUT2D eigenvalue weighted by Gasteiger charge is 2.23. The maximum atomic E-state index is 12.4. The van der Waals surface area contributed by atoms with Crippen molar-refractivity contribution in [1.82, 2.24) is 0 Å². The largest absolute Gasteiger partial charge is 0.360 e. The Balaban J connectivity index is 1.56. The zero-order valence-electron chi connectivity index (χ0n) is 15.7. The van der Waals surface area contributed by atoms with Crippen molar-refractivity contribution < 1.29 is 14.5 Å². The summed E-state index contributed by atoms with van der Waals surface area (Å²) in [4.78, 5) is 27.7. The van der Waals surface area contributed by atoms with Gasteiger partial charge in [0.1, 0.15) is 0 Å². The minimum atomic E-state index is -0.0638. The minimum absolute atomic E-state index is 0.0521. The van der Waals surface area contributed by atoms with Gasteiger partial charge in [-0.2, -0.15) is 0 Å². The van der Waals surface area contributed by atoms with Crippen molar-refractivity contribution in [3.63, 3.8) is 0 Å². The number of carbonyl (C=O) groups is 2. The van der Waals surface area contributed by atoms with Crippen molar-refractivity contribution in [3.8, 4) is 0 Å². The monoisotopic (exact) mass is 386 g/mol. The quantitative estimate of drug-likeness (QED) is 0.774. The predicted molar refractivity (Wildman–Crippen MR) is 109 cm³/mol. The highest BCUT2D eigenvalue weighted by molar-refractivity contribution is 6.30. The van der Waals surface area contributed by atoms with Gasteiger partial charge >= 0.3 is 0 Å². The number of amides is 1. The van der Waals surface area contributed by atoms with Gasteiger partial charge in [-0.25, -0.2) is 0 Å². The van der Waals surface area contributed by atoms with E-state index < -0.39 is 0 Å². The molecule has 2 N–H and O–H groups in total. The summed E-state index contributed by atoms with van der Waals surface area (Å²) in [7, 11) is 0. The lowest BCUT2D eigenvalue weighted by Gasteiger charge is -2.34. The molecule has 1 fully saturated rings. The number of piperazine rings is 1. The van der Waals surface area contributed by atoms with E-state index in [-0.39, 0.29) is 11.7 Å². The second-order valence-electron chi connectivity index (χ2n) is 6.99. The van der Waals surface area contributed by atoms with Gasteiger partial charge in [0.15, 0.2) is 12.3 Å². The van der Waals surface area contributed by atoms with Crippen LogP contribution in [-0.4, -0.2) is 44.4 Å². The summed E-state index contributed by atoms with van der Waals surface area (Å²) < 4.78 is 0. The van der Waals surface area contributed by atoms with Gasteiger partial charge < -0.3 is 15.1 Å². The third-order valence-corrected chi connectivity index (χ3v) is 5.21. The van der Waals surface area contributed by atoms with E-state index in [1.54, 1.807) is 18.2 Å². The number of Topliss-reactive ketones (excluding diaryl/α,β-unsaturated/α-hetero) is 1. The summed E-state index contributed by atoms with van der Waals surface area (Å²) in [6, 6.07) is 13.1. The number of benzene rings is 2. The third kappa shape index (κ3) is 4.87. The molecule has 0 aromatic heterocycles. The first-order valence-corrected chi connectivity index (χ1v) is 9.56. The maximum absolute atomic E-state index is 12.4. The Hall–Kier alpha value is -2.37. The normalized spacial score (nSPS) is 14.9. The maximum Gasteiger partial charge on any atom is 0.279 e. The fourth-order valence-corrected chi connectivity index (χ4v) is 3.65. The van der Waals surface area contributed by atoms with E-state index in [9.17, 15) is 9.59 Å². The van der Waals surface area contributed by atoms with Crippen LogP contribution >= 0.6 is 11.6 Å². The van der Waals surface area contributed by atoms with Crippen molar-refractivity contribution >= 4 is 34.7 Å². The van der Waals surface area contributed by atoms with Crippen LogP contribution in [0.1, 0.15) is 22.8 Å². The van der Waals surface area contributed by atoms with Crippen molar-refractivity contribution in [2.45, 2.75) is 13.8 Å². The third-order valence-electron chi connectivity index (χ3n) is 4.97. The molecule has 27 heavy (non-hydrogen) atoms. The van der Waals surface area contributed by atoms with E-state index >= 15 is 0 Å². The molecule has 1 aliphatic rings. The number of anilines is 2. The lowest BCUT2D eigenvalue weighted by Crippen LogP contribution is -3.15. The van der Waals surface area contributed by atoms with Crippen LogP contribution in [0.15, 0.2) is 42.5 Å². The Labute approximate surface area is 164 Å². The van der Waals surface area contributed by atoms with Gasteiger partial charge in [0.05, 0.1) is 31.9 Å². The topological polar surface area (TPSA) is 53.9 Å². The second-order valence-corrected chi connectivity index (χ2v) is 7.43. The Kier molecular flexibility index (Phi) is 6.14. The fourth-order valence-electron chi connectivity index (χ4n) is 3.48. The fraction of sp³-hybridized carbons (Fsp3) is 0.333. The molecule has 0 unspecified atom stereocenters. The highest BCUT2D eigenvalue weighted by atomic mass is 35.5. The summed E-state index contributed by atoms with van der Waals surface area (Å²) in [5.74, 6) is -0.116. The molecule has 142 valence electrons. The van der Waals surface area contributed by atoms with Crippen molar-refractivity contribution in [3.05, 3.63) is 58.6 Å². The Morgan fingerprint density at radius 3 is 2.56 bits per heavy atom. The summed E-state index contributed by atoms with van der Waals surface area (Å²) in [6.45, 7) is 7.52. The van der Waals surface area contributed by atoms with Crippen molar-refractivity contribution in [2.24, 2.45) is 0 Å². The molecule has 1 heterocycles. The smallest absolute Gasteiger partial charge is 0.279 e. The van der Waals surface area contributed by atoms with Crippen LogP contribution in [0.5, 0.6) is 0 Å². The van der Waals surface area contributed by atoms with E-state index in [0.717, 1.165) is 31.2 Å². The van der Waals surface area contributed by atoms with Gasteiger partial charge in [-0.15, -0.1) is 0 Å². The Bertz CT molecular complexity index is 845. The SMILES string of the molecule is CC(=O)c1ccccc1NC(=O)C[NH+]1CCN(c2cc(Cl)ccc2C)CC1. The Morgan fingerprint density at radius 1 is 1.15 bits per heavy atom. The minimum Gasteiger partial charge on any atom is -0.360 e. The Morgan fingerprint density at radius 2 is 1.85 bits per heavy atom. The molecule has 0 aliphatic carbocycles. The van der Waals surface area contributed by atoms with Crippen molar-refractivity contribution in [2.75, 3.05) is 42.9 Å². The van der Waals surface area contributed by atoms with Crippen LogP contribution in [-0.2, 0) is 4.79 Å². The van der Waals surface area contributed by atoms with Gasteiger partial charge in [-0.3, -0.25) is 9.59 Å². The lowest BCUT2D eigenvalue weighted by atomic mass is 10.1. The molecule has 6 heteroatoms. The zero-order valence-corrected chi connectivity index (χ0v) is 16.5. The second kappa shape index (κ2) is 8.55. The molecule has 1 amide bonds. The molecule has 1 aliphatic heterocycles. The van der Waals surface area contributed by atoms with Crippen LogP contribution in [0.2, 0.25) is 5.02 Å². The van der Waals surface area contributed by atoms with E-state index in [1.807, 2.05) is 24.3 Å². The number of nitrogens with zero attached hydrogens (tertiary/aromatic N) is 1. The molecule has 0 saturated carbocycles. The molecule has 0 radical (unpaired) electrons. The van der Waals surface area contributed by atoms with Crippen LogP contribution in [0, 0.1) is 6.92 Å². The molecule has 1 saturated heterocycles. The number of ketones is 1. The number of carbonyl (C=O) groups excluding carboxylic acids is 2. The first-order valence-electron chi connectivity index (χ1n) is 9.18. The highest BCUT2D eigenvalue weighted by Crippen LogP contribution is 2.24. The van der Waals surface area contributed by atoms with Crippen LogP contribution < -0.4 is 15.1 Å². The molecular weight excluding hydrogens is 362 g/mol. The predicted octanol–water partition coefficient (Wildman–Crippen LogP) is 2.19. The summed E-state index contributed by atoms with van der Waals surface area (Å²) in [5.41, 5.74) is 3.51. The number of hydrogen-bond donors (Lipinski definition) is 2. The van der Waals surface area contributed by atoms with Gasteiger partial charge in [0.25, 0.3) is 5.91 Å². The van der Waals surface area contributed by atoms with E-state index in [4.69, 9.17) is 11.6 Å². The number of hydrogen-bond acceptors (Lipinski definition) is 3. The van der Waals surface area contributed by atoms with Gasteiger partial charge in [0, 0.05) is 16.3 Å². The van der Waals surface area contributed by atoms with E-state index in [1.165, 1.54) is 23.1 Å². The van der Waals surface area contributed by atoms with E-state index in [2.05, 4.69) is 17.1 Å². The number of aryl methyl sites for hydroxylation is 1. The molecule has 5 nitrogen and oxygen atoms in total. The molecule has 2 aromatic carbocycles. The summed E-state index contributed by atoms with van der Waals surface area (Å²) in [6.07, 6.45) is 0. The zero-order chi connectivity index (χ0) is 19.4. The number of rotatable bonds is 5. The lowest BCUT2D eigenvalue weighted by molar-refractivity contribution is -0.892. The number of nitrogens with one attached hydrogen (secondary N) is 2. The number of halogens is 1. The molecule has 0 spiro atoms. The molecule has 3 rings (SSSR count). The first kappa shape index (κ1) is 19.4. The molecule has 2 aromatic rings. The van der Waals surface area contributed by atoms with Crippen LogP contribution in [0.3, 0.4) is 0 Å². The van der Waals surface area contributed by atoms with Gasteiger partial charge in [-0.05, 0) is 43.7 Å². The average Bonchev–Trinajstić information content (AvgIpc) is 2.64. The average molecular weight is 387 g/mol. The van der Waals surface area contributed by atoms with Gasteiger partial charge in [0.2, 0.25) is 0 Å². The number of para-hydroxylation sites is 1. The van der Waals surface area contributed by atoms with Gasteiger partial charge in [-0.1, -0.05) is 29.8 Å². The van der Waals surface area contributed by atoms with Crippen LogP contribution in [0.25, 0.3) is 0 Å². The van der Waals surface area contributed by atoms with Crippen LogP contribution in [0.4, 0.5) is 11.4 Å². The molecule has 0 atom stereocenters. The number of quaternary nitrogens is 1. The standard InChI is InChI=1S/C21H24ClN3O2/c1-15-7-8-17(22)13-20(15)25-11-9-24(10-12-25)14-21(27)23-19-6-4-3-5-18(19)16(2)26/h3-8,13H,9-12,14H2,1-2H3,(H,23,27)/p+1. The summed E-state index contributed by atoms with van der Waals surface area (Å²) >= 11 is 6.14. The van der Waals surface area contributed by atoms with E-state index in [0.29, 0.717) is 17.8 Å². The van der Waals surface area contributed by atoms with Crippen molar-refractivity contribution in [1.29, 1.82) is 0 Å². The first-order chi connectivity index (χ1) is 12.9. The molecular formula is C21H25ClN3O2+.